The molecule has 2 heterocycles. The summed E-state index contributed by atoms with van der Waals surface area (Å²) < 4.78 is 0. The molecule has 0 saturated heterocycles. The van der Waals surface area contributed by atoms with E-state index in [2.05, 4.69) is 37.8 Å². The fourth-order valence-corrected chi connectivity index (χ4v) is 2.92. The summed E-state index contributed by atoms with van der Waals surface area (Å²) in [6, 6.07) is 0.469. The van der Waals surface area contributed by atoms with Crippen molar-refractivity contribution in [2.75, 3.05) is 10.7 Å². The van der Waals surface area contributed by atoms with Gasteiger partial charge in [-0.2, -0.15) is 15.1 Å². The molecular weight excluding hydrogens is 254 g/mol. The molecule has 7 heteroatoms. The Morgan fingerprint density at radius 2 is 2.10 bits per heavy atom. The van der Waals surface area contributed by atoms with Crippen molar-refractivity contribution in [1.29, 1.82) is 0 Å². The van der Waals surface area contributed by atoms with Crippen molar-refractivity contribution in [2.45, 2.75) is 45.1 Å². The third-order valence-electron chi connectivity index (χ3n) is 4.20. The summed E-state index contributed by atoms with van der Waals surface area (Å²) in [5.41, 5.74) is 3.19. The van der Waals surface area contributed by atoms with Crippen molar-refractivity contribution >= 4 is 22.8 Å². The number of nitrogen functional groups attached to an aromatic ring is 1. The minimum Gasteiger partial charge on any atom is -0.367 e. The zero-order valence-electron chi connectivity index (χ0n) is 11.7. The van der Waals surface area contributed by atoms with E-state index in [-0.39, 0.29) is 0 Å². The highest BCUT2D eigenvalue weighted by Gasteiger charge is 2.21. The first-order valence-electron chi connectivity index (χ1n) is 7.24. The van der Waals surface area contributed by atoms with Gasteiger partial charge in [-0.1, -0.05) is 13.3 Å². The average molecular weight is 275 g/mol. The summed E-state index contributed by atoms with van der Waals surface area (Å²) in [7, 11) is 0. The molecule has 1 fully saturated rings. The van der Waals surface area contributed by atoms with E-state index in [4.69, 9.17) is 5.84 Å². The minimum atomic E-state index is 0.395. The lowest BCUT2D eigenvalue weighted by Gasteiger charge is -2.28. The Kier molecular flexibility index (Phi) is 3.68. The topological polar surface area (TPSA) is 105 Å². The SMILES string of the molecule is CCC1CCC(Nc2nc(NN)nc3[nH]ncc23)CC1. The molecule has 2 aromatic rings. The number of nitrogens with two attached hydrogens (primary N) is 1. The lowest BCUT2D eigenvalue weighted by Crippen LogP contribution is -2.26. The first-order valence-corrected chi connectivity index (χ1v) is 7.24. The molecule has 3 rings (SSSR count). The number of H-pyrrole nitrogens is 1. The van der Waals surface area contributed by atoms with Crippen molar-refractivity contribution < 1.29 is 0 Å². The van der Waals surface area contributed by atoms with E-state index in [9.17, 15) is 0 Å². The maximum Gasteiger partial charge on any atom is 0.241 e. The van der Waals surface area contributed by atoms with E-state index in [1.165, 1.54) is 32.1 Å². The molecule has 1 aliphatic carbocycles. The summed E-state index contributed by atoms with van der Waals surface area (Å²) in [5.74, 6) is 7.49. The zero-order chi connectivity index (χ0) is 13.9. The van der Waals surface area contributed by atoms with Gasteiger partial charge in [-0.3, -0.25) is 10.5 Å². The molecule has 0 amide bonds. The van der Waals surface area contributed by atoms with Gasteiger partial charge in [-0.25, -0.2) is 5.84 Å². The highest BCUT2D eigenvalue weighted by molar-refractivity contribution is 5.87. The average Bonchev–Trinajstić information content (AvgIpc) is 2.96. The maximum absolute atomic E-state index is 5.41. The third kappa shape index (κ3) is 2.53. The number of nitrogens with zero attached hydrogens (tertiary/aromatic N) is 3. The number of aromatic amines is 1. The molecule has 1 saturated carbocycles. The van der Waals surface area contributed by atoms with Crippen molar-refractivity contribution in [3.05, 3.63) is 6.20 Å². The lowest BCUT2D eigenvalue weighted by molar-refractivity contribution is 0.330. The van der Waals surface area contributed by atoms with Crippen LogP contribution in [0.15, 0.2) is 6.20 Å². The quantitative estimate of drug-likeness (QED) is 0.502. The van der Waals surface area contributed by atoms with Gasteiger partial charge < -0.3 is 5.32 Å². The van der Waals surface area contributed by atoms with Crippen LogP contribution in [0.4, 0.5) is 11.8 Å². The van der Waals surface area contributed by atoms with E-state index in [1.807, 2.05) is 0 Å². The highest BCUT2D eigenvalue weighted by Crippen LogP contribution is 2.29. The Morgan fingerprint density at radius 1 is 1.30 bits per heavy atom. The molecule has 0 unspecified atom stereocenters. The summed E-state index contributed by atoms with van der Waals surface area (Å²) in [5, 5.41) is 11.3. The Bertz CT molecular complexity index is 571. The molecule has 7 nitrogen and oxygen atoms in total. The maximum atomic E-state index is 5.41. The van der Waals surface area contributed by atoms with Gasteiger partial charge in [0.2, 0.25) is 5.95 Å². The van der Waals surface area contributed by atoms with Crippen LogP contribution in [-0.4, -0.2) is 26.2 Å². The molecule has 5 N–H and O–H groups in total. The molecular formula is C13H21N7. The number of hydrazine groups is 1. The van der Waals surface area contributed by atoms with E-state index in [0.29, 0.717) is 17.6 Å². The number of fused-ring (bicyclic) bond motifs is 1. The van der Waals surface area contributed by atoms with Crippen molar-refractivity contribution in [3.63, 3.8) is 0 Å². The second-order valence-corrected chi connectivity index (χ2v) is 5.44. The van der Waals surface area contributed by atoms with Gasteiger partial charge >= 0.3 is 0 Å². The van der Waals surface area contributed by atoms with Gasteiger partial charge in [0.05, 0.1) is 11.6 Å². The molecule has 1 aliphatic rings. The van der Waals surface area contributed by atoms with E-state index >= 15 is 0 Å². The van der Waals surface area contributed by atoms with Crippen LogP contribution >= 0.6 is 0 Å². The molecule has 0 bridgehead atoms. The monoisotopic (exact) mass is 275 g/mol. The van der Waals surface area contributed by atoms with Crippen molar-refractivity contribution in [1.82, 2.24) is 20.2 Å². The van der Waals surface area contributed by atoms with E-state index in [1.54, 1.807) is 6.20 Å². The number of aromatic nitrogens is 4. The fraction of sp³-hybridized carbons (Fsp3) is 0.615. The smallest absolute Gasteiger partial charge is 0.241 e. The first kappa shape index (κ1) is 13.1. The third-order valence-corrected chi connectivity index (χ3v) is 4.20. The predicted octanol–water partition coefficient (Wildman–Crippen LogP) is 2.02. The first-order chi connectivity index (χ1) is 9.80. The van der Waals surface area contributed by atoms with Gasteiger partial charge in [0.1, 0.15) is 5.82 Å². The van der Waals surface area contributed by atoms with Crippen LogP contribution in [0.3, 0.4) is 0 Å². The van der Waals surface area contributed by atoms with Crippen molar-refractivity contribution in [3.8, 4) is 0 Å². The Balaban J connectivity index is 1.78. The molecule has 0 aliphatic heterocycles. The summed E-state index contributed by atoms with van der Waals surface area (Å²) in [6.07, 6.45) is 7.98. The van der Waals surface area contributed by atoms with Crippen LogP contribution in [-0.2, 0) is 0 Å². The molecule has 20 heavy (non-hydrogen) atoms. The standard InChI is InChI=1S/C13H21N7/c1-2-8-3-5-9(6-4-8)16-11-10-7-15-20-12(10)18-13(17-11)19-14/h7-9H,2-6,14H2,1H3,(H3,15,16,17,18,19,20). The Labute approximate surface area is 117 Å². The predicted molar refractivity (Wildman–Crippen MR) is 79.2 cm³/mol. The van der Waals surface area contributed by atoms with Gasteiger partial charge in [-0.05, 0) is 31.6 Å². The highest BCUT2D eigenvalue weighted by atomic mass is 15.3. The normalized spacial score (nSPS) is 22.9. The van der Waals surface area contributed by atoms with Gasteiger partial charge in [-0.15, -0.1) is 0 Å². The molecule has 0 radical (unpaired) electrons. The number of rotatable bonds is 4. The number of anilines is 2. The molecule has 108 valence electrons. The molecule has 0 aromatic carbocycles. The molecule has 0 atom stereocenters. The zero-order valence-corrected chi connectivity index (χ0v) is 11.7. The second kappa shape index (κ2) is 5.62. The lowest BCUT2D eigenvalue weighted by atomic mass is 9.84. The van der Waals surface area contributed by atoms with Crippen LogP contribution in [0.1, 0.15) is 39.0 Å². The summed E-state index contributed by atoms with van der Waals surface area (Å²) in [6.45, 7) is 2.27. The van der Waals surface area contributed by atoms with Crippen LogP contribution < -0.4 is 16.6 Å². The summed E-state index contributed by atoms with van der Waals surface area (Å²) in [4.78, 5) is 8.63. The summed E-state index contributed by atoms with van der Waals surface area (Å²) >= 11 is 0. The van der Waals surface area contributed by atoms with E-state index < -0.39 is 0 Å². The molecule has 0 spiro atoms. The van der Waals surface area contributed by atoms with Crippen LogP contribution in [0.5, 0.6) is 0 Å². The van der Waals surface area contributed by atoms with Crippen LogP contribution in [0.25, 0.3) is 11.0 Å². The van der Waals surface area contributed by atoms with Crippen LogP contribution in [0.2, 0.25) is 0 Å². The van der Waals surface area contributed by atoms with Crippen LogP contribution in [0, 0.1) is 5.92 Å². The Morgan fingerprint density at radius 3 is 2.80 bits per heavy atom. The number of hydrogen-bond donors (Lipinski definition) is 4. The van der Waals surface area contributed by atoms with Crippen molar-refractivity contribution in [2.24, 2.45) is 11.8 Å². The van der Waals surface area contributed by atoms with Gasteiger partial charge in [0.15, 0.2) is 5.65 Å². The van der Waals surface area contributed by atoms with E-state index in [0.717, 1.165) is 17.1 Å². The number of hydrogen-bond acceptors (Lipinski definition) is 6. The second-order valence-electron chi connectivity index (χ2n) is 5.44. The molecule has 2 aromatic heterocycles. The fourth-order valence-electron chi connectivity index (χ4n) is 2.92. The van der Waals surface area contributed by atoms with Gasteiger partial charge in [0, 0.05) is 6.04 Å². The largest absolute Gasteiger partial charge is 0.367 e. The minimum absolute atomic E-state index is 0.395. The van der Waals surface area contributed by atoms with Gasteiger partial charge in [0.25, 0.3) is 0 Å². The number of nitrogens with one attached hydrogen (secondary N) is 3. The Hall–Kier alpha value is -1.89.